The van der Waals surface area contributed by atoms with Crippen LogP contribution in [0.2, 0.25) is 0 Å². The Kier molecular flexibility index (Phi) is 6.02. The summed E-state index contributed by atoms with van der Waals surface area (Å²) in [5.41, 5.74) is 7.43. The molecule has 0 spiro atoms. The largest absolute Gasteiger partial charge is 0.490 e. The van der Waals surface area contributed by atoms with Crippen LogP contribution in [0.1, 0.15) is 12.1 Å². The standard InChI is InChI=1S/C14H18N6O2.HI/c1-20-17-9-11(19-20)8-16-14(15)18-10-3-4-12-13(7-10)22-6-2-5-21-12;/h3-4,7,9H,2,5-6,8H2,1H3,(H3,15,16,18);1H. The van der Waals surface area contributed by atoms with E-state index in [9.17, 15) is 0 Å². The van der Waals surface area contributed by atoms with Gasteiger partial charge in [-0.1, -0.05) is 0 Å². The van der Waals surface area contributed by atoms with E-state index in [1.165, 1.54) is 4.80 Å². The van der Waals surface area contributed by atoms with Crippen LogP contribution in [-0.4, -0.2) is 34.2 Å². The first kappa shape index (κ1) is 17.3. The van der Waals surface area contributed by atoms with Crippen molar-refractivity contribution in [2.45, 2.75) is 13.0 Å². The van der Waals surface area contributed by atoms with Crippen molar-refractivity contribution in [3.63, 3.8) is 0 Å². The Balaban J connectivity index is 0.00000192. The smallest absolute Gasteiger partial charge is 0.193 e. The zero-order chi connectivity index (χ0) is 15.4. The molecule has 2 heterocycles. The van der Waals surface area contributed by atoms with Crippen LogP contribution < -0.4 is 20.5 Å². The van der Waals surface area contributed by atoms with Crippen LogP contribution in [0.15, 0.2) is 29.4 Å². The highest BCUT2D eigenvalue weighted by Crippen LogP contribution is 2.32. The van der Waals surface area contributed by atoms with Crippen LogP contribution in [0.5, 0.6) is 11.5 Å². The van der Waals surface area contributed by atoms with E-state index >= 15 is 0 Å². The lowest BCUT2D eigenvalue weighted by molar-refractivity contribution is 0.297. The zero-order valence-corrected chi connectivity index (χ0v) is 15.1. The Bertz CT molecular complexity index is 688. The molecular weight excluding hydrogens is 411 g/mol. The van der Waals surface area contributed by atoms with Gasteiger partial charge in [-0.25, -0.2) is 4.99 Å². The molecule has 124 valence electrons. The summed E-state index contributed by atoms with van der Waals surface area (Å²) >= 11 is 0. The van der Waals surface area contributed by atoms with Crippen molar-refractivity contribution < 1.29 is 9.47 Å². The summed E-state index contributed by atoms with van der Waals surface area (Å²) in [5, 5.41) is 11.1. The van der Waals surface area contributed by atoms with Crippen molar-refractivity contribution in [3.8, 4) is 11.5 Å². The highest BCUT2D eigenvalue weighted by Gasteiger charge is 2.10. The Morgan fingerprint density at radius 2 is 2.13 bits per heavy atom. The van der Waals surface area contributed by atoms with Crippen LogP contribution in [0.4, 0.5) is 5.69 Å². The molecular formula is C14H19IN6O2. The third-order valence-corrected chi connectivity index (χ3v) is 3.08. The van der Waals surface area contributed by atoms with E-state index in [-0.39, 0.29) is 24.0 Å². The van der Waals surface area contributed by atoms with Gasteiger partial charge in [-0.2, -0.15) is 15.0 Å². The topological polar surface area (TPSA) is 99.6 Å². The molecule has 9 heteroatoms. The maximum atomic E-state index is 5.88. The molecule has 0 fully saturated rings. The van der Waals surface area contributed by atoms with Gasteiger partial charge >= 0.3 is 0 Å². The molecule has 0 radical (unpaired) electrons. The number of aliphatic imine (C=N–C) groups is 1. The molecule has 0 saturated heterocycles. The van der Waals surface area contributed by atoms with Gasteiger partial charge in [-0.15, -0.1) is 24.0 Å². The number of aromatic nitrogens is 3. The van der Waals surface area contributed by atoms with E-state index in [1.54, 1.807) is 13.2 Å². The van der Waals surface area contributed by atoms with Gasteiger partial charge in [0.15, 0.2) is 17.5 Å². The summed E-state index contributed by atoms with van der Waals surface area (Å²) in [5.74, 6) is 1.77. The van der Waals surface area contributed by atoms with Crippen LogP contribution in [-0.2, 0) is 13.6 Å². The first-order valence-corrected chi connectivity index (χ1v) is 7.02. The Morgan fingerprint density at radius 3 is 2.87 bits per heavy atom. The fourth-order valence-corrected chi connectivity index (χ4v) is 2.05. The molecule has 0 bridgehead atoms. The van der Waals surface area contributed by atoms with E-state index in [0.29, 0.717) is 31.5 Å². The molecule has 0 atom stereocenters. The summed E-state index contributed by atoms with van der Waals surface area (Å²) in [7, 11) is 1.76. The second-order valence-electron chi connectivity index (χ2n) is 4.86. The molecule has 3 N–H and O–H groups in total. The molecule has 0 saturated carbocycles. The van der Waals surface area contributed by atoms with E-state index in [2.05, 4.69) is 20.5 Å². The number of fused-ring (bicyclic) bond motifs is 1. The van der Waals surface area contributed by atoms with E-state index in [4.69, 9.17) is 15.2 Å². The van der Waals surface area contributed by atoms with Crippen molar-refractivity contribution in [1.82, 2.24) is 15.0 Å². The van der Waals surface area contributed by atoms with Gasteiger partial charge in [-0.05, 0) is 12.1 Å². The average Bonchev–Trinajstić information content (AvgIpc) is 2.78. The van der Waals surface area contributed by atoms with Crippen LogP contribution >= 0.6 is 24.0 Å². The average molecular weight is 430 g/mol. The fourth-order valence-electron chi connectivity index (χ4n) is 2.05. The molecule has 0 aliphatic carbocycles. The quantitative estimate of drug-likeness (QED) is 0.435. The number of hydrogen-bond acceptors (Lipinski definition) is 5. The predicted molar refractivity (Wildman–Crippen MR) is 97.4 cm³/mol. The van der Waals surface area contributed by atoms with Gasteiger partial charge in [0, 0.05) is 25.2 Å². The van der Waals surface area contributed by atoms with Crippen LogP contribution in [0.25, 0.3) is 0 Å². The third kappa shape index (κ3) is 4.71. The first-order chi connectivity index (χ1) is 10.7. The summed E-state index contributed by atoms with van der Waals surface area (Å²) in [6.07, 6.45) is 2.53. The number of nitrogens with one attached hydrogen (secondary N) is 1. The molecule has 3 rings (SSSR count). The highest BCUT2D eigenvalue weighted by atomic mass is 127. The van der Waals surface area contributed by atoms with E-state index in [0.717, 1.165) is 23.6 Å². The zero-order valence-electron chi connectivity index (χ0n) is 12.7. The van der Waals surface area contributed by atoms with Gasteiger partial charge in [0.2, 0.25) is 0 Å². The lowest BCUT2D eigenvalue weighted by atomic mass is 10.3. The van der Waals surface area contributed by atoms with Crippen LogP contribution in [0.3, 0.4) is 0 Å². The van der Waals surface area contributed by atoms with Crippen molar-refractivity contribution in [2.24, 2.45) is 17.8 Å². The Labute approximate surface area is 151 Å². The molecule has 0 amide bonds. The summed E-state index contributed by atoms with van der Waals surface area (Å²) < 4.78 is 11.2. The Hall–Kier alpha value is -2.04. The predicted octanol–water partition coefficient (Wildman–Crippen LogP) is 1.52. The summed E-state index contributed by atoms with van der Waals surface area (Å²) in [4.78, 5) is 5.71. The maximum absolute atomic E-state index is 5.88. The molecule has 1 aromatic heterocycles. The van der Waals surface area contributed by atoms with Crippen molar-refractivity contribution >= 4 is 35.6 Å². The molecule has 1 aromatic carbocycles. The molecule has 2 aromatic rings. The van der Waals surface area contributed by atoms with E-state index in [1.807, 2.05) is 18.2 Å². The highest BCUT2D eigenvalue weighted by molar-refractivity contribution is 14.0. The third-order valence-electron chi connectivity index (χ3n) is 3.08. The number of guanidine groups is 1. The van der Waals surface area contributed by atoms with Crippen LogP contribution in [0, 0.1) is 0 Å². The van der Waals surface area contributed by atoms with E-state index < -0.39 is 0 Å². The SMILES string of the molecule is Cn1ncc(CN=C(N)Nc2ccc3c(c2)OCCCO3)n1.I. The minimum atomic E-state index is 0. The minimum absolute atomic E-state index is 0. The first-order valence-electron chi connectivity index (χ1n) is 7.02. The van der Waals surface area contributed by atoms with Gasteiger partial charge < -0.3 is 20.5 Å². The lowest BCUT2D eigenvalue weighted by Crippen LogP contribution is -2.22. The number of benzene rings is 1. The molecule has 0 unspecified atom stereocenters. The van der Waals surface area contributed by atoms with Gasteiger partial charge in [-0.3, -0.25) is 0 Å². The number of nitrogens with zero attached hydrogens (tertiary/aromatic N) is 4. The van der Waals surface area contributed by atoms with Crippen molar-refractivity contribution in [1.29, 1.82) is 0 Å². The molecule has 1 aliphatic rings. The molecule has 23 heavy (non-hydrogen) atoms. The van der Waals surface area contributed by atoms with Crippen molar-refractivity contribution in [3.05, 3.63) is 30.1 Å². The number of anilines is 1. The fraction of sp³-hybridized carbons (Fsp3) is 0.357. The van der Waals surface area contributed by atoms with Gasteiger partial charge in [0.05, 0.1) is 26.0 Å². The van der Waals surface area contributed by atoms with Crippen molar-refractivity contribution in [2.75, 3.05) is 18.5 Å². The van der Waals surface area contributed by atoms with Gasteiger partial charge in [0.25, 0.3) is 0 Å². The Morgan fingerprint density at radius 1 is 1.35 bits per heavy atom. The monoisotopic (exact) mass is 430 g/mol. The normalized spacial score (nSPS) is 13.9. The number of halogens is 1. The number of aryl methyl sites for hydroxylation is 1. The van der Waals surface area contributed by atoms with Gasteiger partial charge in [0.1, 0.15) is 5.69 Å². The lowest BCUT2D eigenvalue weighted by Gasteiger charge is -2.10. The minimum Gasteiger partial charge on any atom is -0.490 e. The molecule has 1 aliphatic heterocycles. The number of rotatable bonds is 3. The number of nitrogens with two attached hydrogens (primary N) is 1. The summed E-state index contributed by atoms with van der Waals surface area (Å²) in [6, 6.07) is 5.59. The molecule has 8 nitrogen and oxygen atoms in total. The second-order valence-corrected chi connectivity index (χ2v) is 4.86. The maximum Gasteiger partial charge on any atom is 0.193 e. The number of ether oxygens (including phenoxy) is 2. The summed E-state index contributed by atoms with van der Waals surface area (Å²) in [6.45, 7) is 1.69. The second kappa shape index (κ2) is 7.99. The number of hydrogen-bond donors (Lipinski definition) is 2.